The molecule has 0 atom stereocenters. The van der Waals surface area contributed by atoms with Crippen molar-refractivity contribution in [3.63, 3.8) is 0 Å². The van der Waals surface area contributed by atoms with E-state index in [9.17, 15) is 4.79 Å². The molecule has 0 radical (unpaired) electrons. The molecule has 2 aromatic heterocycles. The number of anilines is 1. The quantitative estimate of drug-likeness (QED) is 0.770. The number of carbonyl (C=O) groups excluding carboxylic acids is 1. The van der Waals surface area contributed by atoms with Crippen LogP contribution in [0.3, 0.4) is 0 Å². The predicted molar refractivity (Wildman–Crippen MR) is 75.4 cm³/mol. The molecule has 0 spiro atoms. The van der Waals surface area contributed by atoms with Gasteiger partial charge in [-0.2, -0.15) is 0 Å². The van der Waals surface area contributed by atoms with Gasteiger partial charge in [0.05, 0.1) is 17.4 Å². The average Bonchev–Trinajstić information content (AvgIpc) is 2.86. The molecule has 0 unspecified atom stereocenters. The summed E-state index contributed by atoms with van der Waals surface area (Å²) in [6.07, 6.45) is 1.57. The molecule has 1 amide bonds. The number of nitrogens with zero attached hydrogens (tertiary/aromatic N) is 4. The maximum atomic E-state index is 12.1. The SMILES string of the molecule is Cc1ccc2cccc(NC(=O)c3cn(C)nn3)c2n1. The number of para-hydroxylation sites is 1. The highest BCUT2D eigenvalue weighted by Gasteiger charge is 2.12. The Hall–Kier alpha value is -2.76. The van der Waals surface area contributed by atoms with Gasteiger partial charge in [-0.1, -0.05) is 23.4 Å². The number of pyridine rings is 1. The first-order chi connectivity index (χ1) is 9.63. The summed E-state index contributed by atoms with van der Waals surface area (Å²) in [4.78, 5) is 16.6. The highest BCUT2D eigenvalue weighted by Crippen LogP contribution is 2.22. The maximum absolute atomic E-state index is 12.1. The molecule has 3 rings (SSSR count). The molecule has 6 nitrogen and oxygen atoms in total. The normalized spacial score (nSPS) is 10.7. The fraction of sp³-hybridized carbons (Fsp3) is 0.143. The number of aromatic nitrogens is 4. The van der Waals surface area contributed by atoms with Crippen LogP contribution in [0.1, 0.15) is 16.2 Å². The fourth-order valence-corrected chi connectivity index (χ4v) is 1.98. The molecule has 100 valence electrons. The van der Waals surface area contributed by atoms with Gasteiger partial charge >= 0.3 is 0 Å². The van der Waals surface area contributed by atoms with Crippen molar-refractivity contribution in [3.8, 4) is 0 Å². The first-order valence-corrected chi connectivity index (χ1v) is 6.17. The van der Waals surface area contributed by atoms with Gasteiger partial charge in [-0.05, 0) is 19.1 Å². The van der Waals surface area contributed by atoms with Crippen molar-refractivity contribution in [2.24, 2.45) is 7.05 Å². The van der Waals surface area contributed by atoms with Crippen LogP contribution in [-0.4, -0.2) is 25.9 Å². The van der Waals surface area contributed by atoms with Gasteiger partial charge in [0.25, 0.3) is 5.91 Å². The fourth-order valence-electron chi connectivity index (χ4n) is 1.98. The smallest absolute Gasteiger partial charge is 0.277 e. The summed E-state index contributed by atoms with van der Waals surface area (Å²) in [7, 11) is 1.71. The van der Waals surface area contributed by atoms with Crippen LogP contribution < -0.4 is 5.32 Å². The Morgan fingerprint density at radius 2 is 2.10 bits per heavy atom. The number of carbonyl (C=O) groups is 1. The van der Waals surface area contributed by atoms with E-state index in [2.05, 4.69) is 20.6 Å². The molecule has 2 heterocycles. The Labute approximate surface area is 115 Å². The summed E-state index contributed by atoms with van der Waals surface area (Å²) in [6.45, 7) is 1.92. The van der Waals surface area contributed by atoms with Crippen molar-refractivity contribution < 1.29 is 4.79 Å². The van der Waals surface area contributed by atoms with Crippen molar-refractivity contribution in [2.45, 2.75) is 6.92 Å². The first kappa shape index (κ1) is 12.3. The van der Waals surface area contributed by atoms with Gasteiger partial charge in [-0.15, -0.1) is 5.10 Å². The number of hydrogen-bond acceptors (Lipinski definition) is 4. The van der Waals surface area contributed by atoms with Gasteiger partial charge < -0.3 is 5.32 Å². The van der Waals surface area contributed by atoms with Gasteiger partial charge in [0.2, 0.25) is 0 Å². The van der Waals surface area contributed by atoms with Crippen LogP contribution in [-0.2, 0) is 7.05 Å². The number of amides is 1. The Bertz CT molecular complexity index is 793. The second-order valence-corrected chi connectivity index (χ2v) is 4.56. The minimum absolute atomic E-state index is 0.275. The zero-order chi connectivity index (χ0) is 14.1. The zero-order valence-electron chi connectivity index (χ0n) is 11.2. The zero-order valence-corrected chi connectivity index (χ0v) is 11.2. The summed E-state index contributed by atoms with van der Waals surface area (Å²) >= 11 is 0. The van der Waals surface area contributed by atoms with E-state index >= 15 is 0 Å². The Morgan fingerprint density at radius 1 is 1.25 bits per heavy atom. The summed E-state index contributed by atoms with van der Waals surface area (Å²) in [5.74, 6) is -0.297. The van der Waals surface area contributed by atoms with E-state index in [1.807, 2.05) is 37.3 Å². The summed E-state index contributed by atoms with van der Waals surface area (Å²) < 4.78 is 1.49. The van der Waals surface area contributed by atoms with Gasteiger partial charge in [0, 0.05) is 18.1 Å². The molecule has 1 N–H and O–H groups in total. The largest absolute Gasteiger partial charge is 0.319 e. The van der Waals surface area contributed by atoms with E-state index in [1.165, 1.54) is 4.68 Å². The van der Waals surface area contributed by atoms with Crippen LogP contribution in [0.25, 0.3) is 10.9 Å². The highest BCUT2D eigenvalue weighted by molar-refractivity contribution is 6.07. The lowest BCUT2D eigenvalue weighted by atomic mass is 10.1. The van der Waals surface area contributed by atoms with E-state index < -0.39 is 0 Å². The topological polar surface area (TPSA) is 72.7 Å². The molecule has 0 fully saturated rings. The highest BCUT2D eigenvalue weighted by atomic mass is 16.2. The molecule has 0 aliphatic rings. The summed E-state index contributed by atoms with van der Waals surface area (Å²) in [6, 6.07) is 9.58. The number of nitrogens with one attached hydrogen (secondary N) is 1. The second-order valence-electron chi connectivity index (χ2n) is 4.56. The molecule has 20 heavy (non-hydrogen) atoms. The molecule has 0 aliphatic carbocycles. The van der Waals surface area contributed by atoms with Gasteiger partial charge in [0.15, 0.2) is 5.69 Å². The van der Waals surface area contributed by atoms with Crippen LogP contribution in [0.15, 0.2) is 36.5 Å². The van der Waals surface area contributed by atoms with Gasteiger partial charge in [-0.25, -0.2) is 0 Å². The van der Waals surface area contributed by atoms with Crippen molar-refractivity contribution in [1.29, 1.82) is 0 Å². The molecule has 0 bridgehead atoms. The van der Waals surface area contributed by atoms with E-state index in [4.69, 9.17) is 0 Å². The first-order valence-electron chi connectivity index (χ1n) is 6.17. The number of fused-ring (bicyclic) bond motifs is 1. The van der Waals surface area contributed by atoms with E-state index in [0.29, 0.717) is 5.69 Å². The van der Waals surface area contributed by atoms with Crippen LogP contribution in [0.5, 0.6) is 0 Å². The van der Waals surface area contributed by atoms with Gasteiger partial charge in [-0.3, -0.25) is 14.5 Å². The number of aryl methyl sites for hydroxylation is 2. The minimum Gasteiger partial charge on any atom is -0.319 e. The summed E-state index contributed by atoms with van der Waals surface area (Å²) in [5, 5.41) is 11.3. The molecule has 0 saturated heterocycles. The van der Waals surface area contributed by atoms with Crippen LogP contribution in [0.2, 0.25) is 0 Å². The number of rotatable bonds is 2. The maximum Gasteiger partial charge on any atom is 0.277 e. The van der Waals surface area contributed by atoms with Crippen LogP contribution in [0, 0.1) is 6.92 Å². The Morgan fingerprint density at radius 3 is 2.85 bits per heavy atom. The Balaban J connectivity index is 1.98. The lowest BCUT2D eigenvalue weighted by Gasteiger charge is -2.07. The van der Waals surface area contributed by atoms with Crippen molar-refractivity contribution in [2.75, 3.05) is 5.32 Å². The van der Waals surface area contributed by atoms with Crippen LogP contribution in [0.4, 0.5) is 5.69 Å². The molecule has 0 aliphatic heterocycles. The number of benzene rings is 1. The number of hydrogen-bond donors (Lipinski definition) is 1. The third-order valence-corrected chi connectivity index (χ3v) is 2.94. The second kappa shape index (κ2) is 4.73. The van der Waals surface area contributed by atoms with Crippen molar-refractivity contribution >= 4 is 22.5 Å². The average molecular weight is 267 g/mol. The van der Waals surface area contributed by atoms with E-state index in [-0.39, 0.29) is 11.6 Å². The standard InChI is InChI=1S/C14H13N5O/c1-9-6-7-10-4-3-5-11(13(10)15-9)16-14(20)12-8-19(2)18-17-12/h3-8H,1-2H3,(H,16,20). The third kappa shape index (κ3) is 2.23. The monoisotopic (exact) mass is 267 g/mol. The third-order valence-electron chi connectivity index (χ3n) is 2.94. The van der Waals surface area contributed by atoms with Crippen molar-refractivity contribution in [1.82, 2.24) is 20.0 Å². The summed E-state index contributed by atoms with van der Waals surface area (Å²) in [5.41, 5.74) is 2.61. The molecule has 0 saturated carbocycles. The van der Waals surface area contributed by atoms with E-state index in [0.717, 1.165) is 16.6 Å². The van der Waals surface area contributed by atoms with E-state index in [1.54, 1.807) is 13.2 Å². The molecular formula is C14H13N5O. The predicted octanol–water partition coefficient (Wildman–Crippen LogP) is 1.92. The lowest BCUT2D eigenvalue weighted by Crippen LogP contribution is -2.13. The Kier molecular flexibility index (Phi) is 2.90. The molecule has 3 aromatic rings. The van der Waals surface area contributed by atoms with Crippen LogP contribution >= 0.6 is 0 Å². The molecule has 1 aromatic carbocycles. The molecular weight excluding hydrogens is 254 g/mol. The minimum atomic E-state index is -0.297. The molecule has 6 heteroatoms. The van der Waals surface area contributed by atoms with Gasteiger partial charge in [0.1, 0.15) is 0 Å². The lowest BCUT2D eigenvalue weighted by molar-refractivity contribution is 0.102. The van der Waals surface area contributed by atoms with Crippen molar-refractivity contribution in [3.05, 3.63) is 47.9 Å².